The molecule has 0 radical (unpaired) electrons. The summed E-state index contributed by atoms with van der Waals surface area (Å²) in [4.78, 5) is 7.20. The molecular formula is C14H17N3S2. The van der Waals surface area contributed by atoms with Gasteiger partial charge in [0.15, 0.2) is 0 Å². The predicted octanol–water partition coefficient (Wildman–Crippen LogP) is 3.11. The van der Waals surface area contributed by atoms with Crippen molar-refractivity contribution in [2.45, 2.75) is 6.04 Å². The largest absolute Gasteiger partial charge is 0.399 e. The molecule has 1 aromatic heterocycles. The minimum Gasteiger partial charge on any atom is -0.399 e. The minimum absolute atomic E-state index is 0.457. The van der Waals surface area contributed by atoms with Crippen LogP contribution in [0, 0.1) is 0 Å². The van der Waals surface area contributed by atoms with Crippen LogP contribution in [0.4, 0.5) is 5.69 Å². The number of nitrogen functional groups attached to an aromatic ring is 1. The average molecular weight is 291 g/mol. The molecular weight excluding hydrogens is 274 g/mol. The van der Waals surface area contributed by atoms with Crippen molar-refractivity contribution in [3.63, 3.8) is 0 Å². The van der Waals surface area contributed by atoms with Crippen LogP contribution in [-0.2, 0) is 0 Å². The fourth-order valence-corrected chi connectivity index (χ4v) is 4.54. The summed E-state index contributed by atoms with van der Waals surface area (Å²) in [6, 6.07) is 8.39. The molecule has 2 N–H and O–H groups in total. The van der Waals surface area contributed by atoms with Gasteiger partial charge in [0.05, 0.1) is 11.7 Å². The SMILES string of the molecule is CN1CCSCC1c1nc(-c2cccc(N)c2)cs1. The molecule has 1 aliphatic rings. The lowest BCUT2D eigenvalue weighted by Crippen LogP contribution is -2.32. The van der Waals surface area contributed by atoms with Crippen molar-refractivity contribution in [3.8, 4) is 11.3 Å². The molecule has 2 heterocycles. The van der Waals surface area contributed by atoms with Crippen LogP contribution in [0.2, 0.25) is 0 Å². The number of rotatable bonds is 2. The third kappa shape index (κ3) is 2.78. The third-order valence-electron chi connectivity index (χ3n) is 3.39. The number of nitrogens with zero attached hydrogens (tertiary/aromatic N) is 2. The van der Waals surface area contributed by atoms with E-state index in [4.69, 9.17) is 10.7 Å². The van der Waals surface area contributed by atoms with E-state index in [-0.39, 0.29) is 0 Å². The number of thioether (sulfide) groups is 1. The highest BCUT2D eigenvalue weighted by atomic mass is 32.2. The number of aromatic nitrogens is 1. The Labute approximate surface area is 121 Å². The smallest absolute Gasteiger partial charge is 0.111 e. The van der Waals surface area contributed by atoms with Gasteiger partial charge in [0.25, 0.3) is 0 Å². The Morgan fingerprint density at radius 1 is 1.42 bits per heavy atom. The van der Waals surface area contributed by atoms with Gasteiger partial charge in [0.2, 0.25) is 0 Å². The third-order valence-corrected chi connectivity index (χ3v) is 5.35. The van der Waals surface area contributed by atoms with Crippen molar-refractivity contribution in [1.29, 1.82) is 0 Å². The maximum absolute atomic E-state index is 5.83. The highest BCUT2D eigenvalue weighted by Gasteiger charge is 2.23. The van der Waals surface area contributed by atoms with E-state index in [1.54, 1.807) is 11.3 Å². The van der Waals surface area contributed by atoms with E-state index < -0.39 is 0 Å². The van der Waals surface area contributed by atoms with Gasteiger partial charge in [-0.3, -0.25) is 4.90 Å². The number of benzene rings is 1. The Morgan fingerprint density at radius 2 is 2.32 bits per heavy atom. The van der Waals surface area contributed by atoms with Crippen molar-refractivity contribution in [2.24, 2.45) is 0 Å². The summed E-state index contributed by atoms with van der Waals surface area (Å²) in [5.74, 6) is 2.36. The quantitative estimate of drug-likeness (QED) is 0.863. The van der Waals surface area contributed by atoms with Gasteiger partial charge >= 0.3 is 0 Å². The lowest BCUT2D eigenvalue weighted by atomic mass is 10.1. The monoisotopic (exact) mass is 291 g/mol. The Hall–Kier alpha value is -1.04. The van der Waals surface area contributed by atoms with E-state index in [0.29, 0.717) is 6.04 Å². The Kier molecular flexibility index (Phi) is 3.77. The van der Waals surface area contributed by atoms with E-state index in [2.05, 4.69) is 23.4 Å². The predicted molar refractivity (Wildman–Crippen MR) is 84.7 cm³/mol. The summed E-state index contributed by atoms with van der Waals surface area (Å²) in [6.45, 7) is 1.14. The highest BCUT2D eigenvalue weighted by Crippen LogP contribution is 2.32. The van der Waals surface area contributed by atoms with Crippen LogP contribution in [0.3, 0.4) is 0 Å². The van der Waals surface area contributed by atoms with Crippen LogP contribution in [0.5, 0.6) is 0 Å². The van der Waals surface area contributed by atoms with Crippen molar-refractivity contribution in [3.05, 3.63) is 34.7 Å². The molecule has 0 spiro atoms. The van der Waals surface area contributed by atoms with Crippen molar-refractivity contribution in [1.82, 2.24) is 9.88 Å². The fraction of sp³-hybridized carbons (Fsp3) is 0.357. The van der Waals surface area contributed by atoms with E-state index in [1.165, 1.54) is 10.8 Å². The molecule has 0 aliphatic carbocycles. The standard InChI is InChI=1S/C14H17N3S2/c1-17-5-6-18-9-13(17)14-16-12(8-19-14)10-3-2-4-11(15)7-10/h2-4,7-8,13H,5-6,9,15H2,1H3. The van der Waals surface area contributed by atoms with Crippen molar-refractivity contribution < 1.29 is 0 Å². The van der Waals surface area contributed by atoms with Crippen LogP contribution >= 0.6 is 23.1 Å². The van der Waals surface area contributed by atoms with Gasteiger partial charge in [-0.2, -0.15) is 11.8 Å². The minimum atomic E-state index is 0.457. The summed E-state index contributed by atoms with van der Waals surface area (Å²) < 4.78 is 0. The molecule has 100 valence electrons. The molecule has 1 atom stereocenters. The number of hydrogen-bond donors (Lipinski definition) is 1. The van der Waals surface area contributed by atoms with E-state index in [1.807, 2.05) is 30.0 Å². The summed E-state index contributed by atoms with van der Waals surface area (Å²) in [5, 5.41) is 3.35. The number of hydrogen-bond acceptors (Lipinski definition) is 5. The highest BCUT2D eigenvalue weighted by molar-refractivity contribution is 7.99. The molecule has 1 fully saturated rings. The van der Waals surface area contributed by atoms with Crippen molar-refractivity contribution in [2.75, 3.05) is 30.8 Å². The van der Waals surface area contributed by atoms with E-state index in [9.17, 15) is 0 Å². The summed E-state index contributed by atoms with van der Waals surface area (Å²) in [5.41, 5.74) is 8.76. The molecule has 1 aliphatic heterocycles. The molecule has 3 rings (SSSR count). The Morgan fingerprint density at radius 3 is 3.11 bits per heavy atom. The summed E-state index contributed by atoms with van der Waals surface area (Å²) in [6.07, 6.45) is 0. The summed E-state index contributed by atoms with van der Waals surface area (Å²) in [7, 11) is 2.19. The van der Waals surface area contributed by atoms with Crippen LogP contribution in [-0.4, -0.2) is 35.0 Å². The van der Waals surface area contributed by atoms with E-state index >= 15 is 0 Å². The van der Waals surface area contributed by atoms with Crippen LogP contribution < -0.4 is 5.73 Å². The Balaban J connectivity index is 1.86. The first-order chi connectivity index (χ1) is 9.24. The molecule has 1 saturated heterocycles. The number of anilines is 1. The second-order valence-electron chi connectivity index (χ2n) is 4.77. The van der Waals surface area contributed by atoms with Gasteiger partial charge in [0.1, 0.15) is 5.01 Å². The topological polar surface area (TPSA) is 42.2 Å². The molecule has 5 heteroatoms. The zero-order valence-electron chi connectivity index (χ0n) is 10.9. The molecule has 1 unspecified atom stereocenters. The van der Waals surface area contributed by atoms with Crippen LogP contribution in [0.15, 0.2) is 29.6 Å². The maximum atomic E-state index is 5.83. The molecule has 1 aromatic carbocycles. The Bertz CT molecular complexity index is 567. The van der Waals surface area contributed by atoms with E-state index in [0.717, 1.165) is 29.2 Å². The zero-order valence-corrected chi connectivity index (χ0v) is 12.5. The molecule has 0 saturated carbocycles. The summed E-state index contributed by atoms with van der Waals surface area (Å²) >= 11 is 3.77. The average Bonchev–Trinajstić information content (AvgIpc) is 2.89. The molecule has 19 heavy (non-hydrogen) atoms. The lowest BCUT2D eigenvalue weighted by molar-refractivity contribution is 0.274. The number of thiazole rings is 1. The van der Waals surface area contributed by atoms with Gasteiger partial charge in [-0.1, -0.05) is 12.1 Å². The van der Waals surface area contributed by atoms with Gasteiger partial charge < -0.3 is 5.73 Å². The van der Waals surface area contributed by atoms with Crippen LogP contribution in [0.1, 0.15) is 11.0 Å². The first kappa shape index (κ1) is 13.0. The lowest BCUT2D eigenvalue weighted by Gasteiger charge is -2.30. The second-order valence-corrected chi connectivity index (χ2v) is 6.81. The first-order valence-electron chi connectivity index (χ1n) is 6.33. The van der Waals surface area contributed by atoms with Crippen LogP contribution in [0.25, 0.3) is 11.3 Å². The molecule has 3 nitrogen and oxygen atoms in total. The van der Waals surface area contributed by atoms with Gasteiger partial charge in [-0.15, -0.1) is 11.3 Å². The first-order valence-corrected chi connectivity index (χ1v) is 8.37. The fourth-order valence-electron chi connectivity index (χ4n) is 2.22. The maximum Gasteiger partial charge on any atom is 0.111 e. The second kappa shape index (κ2) is 5.53. The molecule has 2 aromatic rings. The molecule has 0 bridgehead atoms. The van der Waals surface area contributed by atoms with Crippen molar-refractivity contribution >= 4 is 28.8 Å². The number of nitrogens with two attached hydrogens (primary N) is 1. The van der Waals surface area contributed by atoms with Gasteiger partial charge in [-0.25, -0.2) is 4.98 Å². The normalized spacial score (nSPS) is 20.6. The molecule has 0 amide bonds. The van der Waals surface area contributed by atoms with Gasteiger partial charge in [-0.05, 0) is 19.2 Å². The van der Waals surface area contributed by atoms with Gasteiger partial charge in [0, 0.05) is 34.7 Å². The zero-order chi connectivity index (χ0) is 13.2.